The van der Waals surface area contributed by atoms with Crippen molar-refractivity contribution in [1.82, 2.24) is 10.3 Å². The van der Waals surface area contributed by atoms with Crippen molar-refractivity contribution in [2.24, 2.45) is 10.8 Å². The third kappa shape index (κ3) is 7.57. The molecule has 0 radical (unpaired) electrons. The van der Waals surface area contributed by atoms with E-state index in [1.807, 2.05) is 12.1 Å². The van der Waals surface area contributed by atoms with Crippen LogP contribution in [0.25, 0.3) is 0 Å². The fraction of sp³-hybridized carbons (Fsp3) is 0.387. The number of hydrazine groups is 1. The first kappa shape index (κ1) is 28.2. The van der Waals surface area contributed by atoms with Gasteiger partial charge in [0.1, 0.15) is 5.84 Å². The van der Waals surface area contributed by atoms with Crippen LogP contribution in [0.5, 0.6) is 11.5 Å². The predicted molar refractivity (Wildman–Crippen MR) is 153 cm³/mol. The highest BCUT2D eigenvalue weighted by Gasteiger charge is 2.32. The van der Waals surface area contributed by atoms with Gasteiger partial charge in [0, 0.05) is 12.6 Å². The molecule has 0 amide bonds. The molecule has 1 heterocycles. The van der Waals surface area contributed by atoms with Gasteiger partial charge in [-0.1, -0.05) is 86.1 Å². The van der Waals surface area contributed by atoms with E-state index in [1.165, 1.54) is 24.0 Å². The number of aryl methyl sites for hydroxylation is 1. The normalized spacial score (nSPS) is 15.3. The molecular formula is C31H42N4O2. The molecule has 0 bridgehead atoms. The summed E-state index contributed by atoms with van der Waals surface area (Å²) < 4.78 is 11.2. The third-order valence-electron chi connectivity index (χ3n) is 6.92. The van der Waals surface area contributed by atoms with E-state index in [1.54, 1.807) is 21.3 Å². The van der Waals surface area contributed by atoms with Crippen molar-refractivity contribution in [3.8, 4) is 11.5 Å². The van der Waals surface area contributed by atoms with Gasteiger partial charge < -0.3 is 14.9 Å². The lowest BCUT2D eigenvalue weighted by Crippen LogP contribution is -2.46. The molecule has 6 heteroatoms. The minimum Gasteiger partial charge on any atom is -0.493 e. The quantitative estimate of drug-likeness (QED) is 0.177. The van der Waals surface area contributed by atoms with Gasteiger partial charge in [0.25, 0.3) is 0 Å². The number of para-hydroxylation sites is 1. The maximum absolute atomic E-state index is 5.83. The van der Waals surface area contributed by atoms with Crippen molar-refractivity contribution in [2.45, 2.75) is 44.6 Å². The Bertz CT molecular complexity index is 1080. The lowest BCUT2D eigenvalue weighted by molar-refractivity contribution is 0.183. The predicted octanol–water partition coefficient (Wildman–Crippen LogP) is 5.76. The van der Waals surface area contributed by atoms with Crippen LogP contribution in [0.15, 0.2) is 83.9 Å². The summed E-state index contributed by atoms with van der Waals surface area (Å²) in [6.07, 6.45) is 4.63. The summed E-state index contributed by atoms with van der Waals surface area (Å²) in [7, 11) is 5.07. The zero-order valence-electron chi connectivity index (χ0n) is 22.7. The van der Waals surface area contributed by atoms with Crippen molar-refractivity contribution >= 4 is 5.84 Å². The Labute approximate surface area is 222 Å². The van der Waals surface area contributed by atoms with Crippen molar-refractivity contribution in [3.05, 3.63) is 95.6 Å². The zero-order valence-corrected chi connectivity index (χ0v) is 22.7. The Kier molecular flexibility index (Phi) is 11.5. The van der Waals surface area contributed by atoms with Crippen LogP contribution < -0.4 is 20.7 Å². The molecule has 1 fully saturated rings. The van der Waals surface area contributed by atoms with Gasteiger partial charge in [-0.2, -0.15) is 0 Å². The molecule has 1 atom stereocenters. The SMILES string of the molecule is CCCc1ccccc1.CN=C(NN)C(c1cccc(OC)c1OC)N1CCC(c2ccccc2)CC1. The van der Waals surface area contributed by atoms with E-state index in [4.69, 9.17) is 15.3 Å². The topological polar surface area (TPSA) is 72.1 Å². The van der Waals surface area contributed by atoms with E-state index in [0.717, 1.165) is 37.2 Å². The molecule has 0 aliphatic carbocycles. The van der Waals surface area contributed by atoms with Crippen LogP contribution in [-0.2, 0) is 6.42 Å². The van der Waals surface area contributed by atoms with Crippen molar-refractivity contribution in [2.75, 3.05) is 34.4 Å². The molecule has 6 nitrogen and oxygen atoms in total. The maximum atomic E-state index is 5.83. The fourth-order valence-corrected chi connectivity index (χ4v) is 5.06. The number of hydrogen-bond donors (Lipinski definition) is 2. The molecule has 1 saturated heterocycles. The van der Waals surface area contributed by atoms with Gasteiger partial charge >= 0.3 is 0 Å². The Balaban J connectivity index is 0.000000356. The van der Waals surface area contributed by atoms with Crippen molar-refractivity contribution < 1.29 is 9.47 Å². The van der Waals surface area contributed by atoms with Gasteiger partial charge in [0.05, 0.1) is 20.3 Å². The molecule has 0 spiro atoms. The van der Waals surface area contributed by atoms with Crippen LogP contribution in [-0.4, -0.2) is 45.1 Å². The van der Waals surface area contributed by atoms with Crippen LogP contribution >= 0.6 is 0 Å². The summed E-state index contributed by atoms with van der Waals surface area (Å²) in [4.78, 5) is 6.82. The number of benzene rings is 3. The van der Waals surface area contributed by atoms with E-state index >= 15 is 0 Å². The number of nitrogens with one attached hydrogen (secondary N) is 1. The first-order valence-corrected chi connectivity index (χ1v) is 13.1. The third-order valence-corrected chi connectivity index (χ3v) is 6.92. The van der Waals surface area contributed by atoms with Crippen molar-refractivity contribution in [1.29, 1.82) is 0 Å². The van der Waals surface area contributed by atoms with Crippen LogP contribution in [0.4, 0.5) is 0 Å². The van der Waals surface area contributed by atoms with Crippen LogP contribution in [0, 0.1) is 0 Å². The number of nitrogens with zero attached hydrogens (tertiary/aromatic N) is 2. The standard InChI is InChI=1S/C22H30N4O2.C9H12/c1-24-22(25-23)20(18-10-7-11-19(27-2)21(18)28-3)26-14-12-17(13-15-26)16-8-5-4-6-9-16;1-2-6-9-7-4-3-5-8-9/h4-11,17,20H,12-15,23H2,1-3H3,(H,24,25);3-5,7-8H,2,6H2,1H3. The van der Waals surface area contributed by atoms with Gasteiger partial charge in [0.15, 0.2) is 11.5 Å². The Morgan fingerprint density at radius 1 is 0.946 bits per heavy atom. The van der Waals surface area contributed by atoms with E-state index in [0.29, 0.717) is 17.5 Å². The van der Waals surface area contributed by atoms with Crippen LogP contribution in [0.3, 0.4) is 0 Å². The Morgan fingerprint density at radius 3 is 2.14 bits per heavy atom. The van der Waals surface area contributed by atoms with Crippen LogP contribution in [0.1, 0.15) is 54.8 Å². The number of nitrogens with two attached hydrogens (primary N) is 1. The minimum atomic E-state index is -0.114. The molecular weight excluding hydrogens is 460 g/mol. The van der Waals surface area contributed by atoms with Gasteiger partial charge in [-0.05, 0) is 55.5 Å². The molecule has 0 aromatic heterocycles. The van der Waals surface area contributed by atoms with Gasteiger partial charge in [-0.15, -0.1) is 0 Å². The second-order valence-electron chi connectivity index (χ2n) is 9.19. The highest BCUT2D eigenvalue weighted by Crippen LogP contribution is 2.39. The van der Waals surface area contributed by atoms with E-state index < -0.39 is 0 Å². The molecule has 3 aromatic carbocycles. The molecule has 0 saturated carbocycles. The number of amidine groups is 1. The first-order chi connectivity index (χ1) is 18.2. The van der Waals surface area contributed by atoms with Crippen LogP contribution in [0.2, 0.25) is 0 Å². The smallest absolute Gasteiger partial charge is 0.165 e. The van der Waals surface area contributed by atoms with Crippen molar-refractivity contribution in [3.63, 3.8) is 0 Å². The van der Waals surface area contributed by atoms with E-state index in [9.17, 15) is 0 Å². The molecule has 1 aliphatic heterocycles. The minimum absolute atomic E-state index is 0.114. The highest BCUT2D eigenvalue weighted by molar-refractivity contribution is 5.89. The number of methoxy groups -OCH3 is 2. The Hall–Kier alpha value is -3.35. The molecule has 3 N–H and O–H groups in total. The highest BCUT2D eigenvalue weighted by atomic mass is 16.5. The lowest BCUT2D eigenvalue weighted by atomic mass is 9.88. The molecule has 37 heavy (non-hydrogen) atoms. The molecule has 3 aromatic rings. The number of rotatable bonds is 8. The van der Waals surface area contributed by atoms with Gasteiger partial charge in [-0.3, -0.25) is 9.89 Å². The summed E-state index contributed by atoms with van der Waals surface area (Å²) in [6, 6.07) is 27.1. The monoisotopic (exact) mass is 502 g/mol. The molecule has 1 unspecified atom stereocenters. The summed E-state index contributed by atoms with van der Waals surface area (Å²) >= 11 is 0. The molecule has 1 aliphatic rings. The molecule has 198 valence electrons. The summed E-state index contributed by atoms with van der Waals surface area (Å²) in [5.41, 5.74) is 6.65. The average molecular weight is 503 g/mol. The summed E-state index contributed by atoms with van der Waals surface area (Å²) in [5.74, 6) is 8.55. The number of piperidine rings is 1. The number of ether oxygens (including phenoxy) is 2. The second kappa shape index (κ2) is 15.0. The first-order valence-electron chi connectivity index (χ1n) is 13.1. The summed E-state index contributed by atoms with van der Waals surface area (Å²) in [5, 5.41) is 0. The zero-order chi connectivity index (χ0) is 26.5. The number of likely N-dealkylation sites (tertiary alicyclic amines) is 1. The van der Waals surface area contributed by atoms with E-state index in [-0.39, 0.29) is 6.04 Å². The maximum Gasteiger partial charge on any atom is 0.165 e. The Morgan fingerprint density at radius 2 is 1.59 bits per heavy atom. The summed E-state index contributed by atoms with van der Waals surface area (Å²) in [6.45, 7) is 4.10. The number of aliphatic imine (C=N–C) groups is 1. The second-order valence-corrected chi connectivity index (χ2v) is 9.19. The largest absolute Gasteiger partial charge is 0.493 e. The number of hydrogen-bond acceptors (Lipinski definition) is 5. The average Bonchev–Trinajstić information content (AvgIpc) is 2.97. The lowest BCUT2D eigenvalue weighted by Gasteiger charge is -2.38. The van der Waals surface area contributed by atoms with Gasteiger partial charge in [0.2, 0.25) is 0 Å². The fourth-order valence-electron chi connectivity index (χ4n) is 5.06. The van der Waals surface area contributed by atoms with E-state index in [2.05, 4.69) is 89.0 Å². The molecule has 4 rings (SSSR count). The van der Waals surface area contributed by atoms with Gasteiger partial charge in [-0.25, -0.2) is 5.84 Å².